The average Bonchev–Trinajstić information content (AvgIpc) is 3.00. The molecule has 1 aliphatic rings. The van der Waals surface area contributed by atoms with Gasteiger partial charge in [-0.05, 0) is 29.8 Å². The van der Waals surface area contributed by atoms with E-state index >= 15 is 0 Å². The van der Waals surface area contributed by atoms with Gasteiger partial charge in [0.25, 0.3) is 0 Å². The van der Waals surface area contributed by atoms with Gasteiger partial charge in [-0.15, -0.1) is 0 Å². The van der Waals surface area contributed by atoms with Gasteiger partial charge >= 0.3 is 0 Å². The van der Waals surface area contributed by atoms with Crippen LogP contribution in [0.3, 0.4) is 0 Å². The molecule has 0 aliphatic carbocycles. The zero-order chi connectivity index (χ0) is 19.5. The summed E-state index contributed by atoms with van der Waals surface area (Å²) in [4.78, 5) is 8.99. The highest BCUT2D eigenvalue weighted by Crippen LogP contribution is 2.31. The number of ether oxygens (including phenoxy) is 2. The standard InChI is InChI=1S/C24H21N3O2/c1-2-6-17(7-3-1)15-28-19-10-11-21-20(12-19)24(27-16-26-21)23-14-25-13-18-8-4-5-9-22(18)29-23/h1-12,16,23,25H,13-15H2. The first-order valence-corrected chi connectivity index (χ1v) is 9.73. The highest BCUT2D eigenvalue weighted by atomic mass is 16.5. The Bertz CT molecular complexity index is 1130. The molecule has 5 heteroatoms. The molecule has 0 fully saturated rings. The lowest BCUT2D eigenvalue weighted by atomic mass is 10.1. The van der Waals surface area contributed by atoms with E-state index in [0.717, 1.165) is 45.8 Å². The van der Waals surface area contributed by atoms with E-state index in [2.05, 4.69) is 33.5 Å². The van der Waals surface area contributed by atoms with E-state index in [-0.39, 0.29) is 6.10 Å². The van der Waals surface area contributed by atoms with E-state index in [9.17, 15) is 0 Å². The first kappa shape index (κ1) is 17.6. The molecule has 0 bridgehead atoms. The van der Waals surface area contributed by atoms with Gasteiger partial charge in [-0.3, -0.25) is 0 Å². The third-order valence-electron chi connectivity index (χ3n) is 5.08. The molecule has 144 valence electrons. The van der Waals surface area contributed by atoms with E-state index < -0.39 is 0 Å². The van der Waals surface area contributed by atoms with Crippen molar-refractivity contribution in [1.29, 1.82) is 0 Å². The van der Waals surface area contributed by atoms with Crippen molar-refractivity contribution in [3.63, 3.8) is 0 Å². The number of aromatic nitrogens is 2. The van der Waals surface area contributed by atoms with E-state index in [1.165, 1.54) is 0 Å². The fourth-order valence-electron chi connectivity index (χ4n) is 3.59. The summed E-state index contributed by atoms with van der Waals surface area (Å²) in [5, 5.41) is 4.41. The zero-order valence-electron chi connectivity index (χ0n) is 15.9. The Morgan fingerprint density at radius 3 is 2.76 bits per heavy atom. The Morgan fingerprint density at radius 1 is 0.966 bits per heavy atom. The van der Waals surface area contributed by atoms with Crippen LogP contribution in [0.4, 0.5) is 0 Å². The van der Waals surface area contributed by atoms with Crippen LogP contribution in [0.25, 0.3) is 10.9 Å². The van der Waals surface area contributed by atoms with E-state index in [1.54, 1.807) is 6.33 Å². The molecule has 1 aliphatic heterocycles. The topological polar surface area (TPSA) is 56.3 Å². The molecule has 0 amide bonds. The van der Waals surface area contributed by atoms with Gasteiger partial charge in [0.2, 0.25) is 0 Å². The molecule has 5 nitrogen and oxygen atoms in total. The summed E-state index contributed by atoms with van der Waals surface area (Å²) in [5.74, 6) is 1.69. The molecule has 3 aromatic carbocycles. The van der Waals surface area contributed by atoms with Gasteiger partial charge in [-0.25, -0.2) is 9.97 Å². The lowest BCUT2D eigenvalue weighted by molar-refractivity contribution is 0.207. The third-order valence-corrected chi connectivity index (χ3v) is 5.08. The van der Waals surface area contributed by atoms with Crippen molar-refractivity contribution in [3.05, 3.63) is 95.9 Å². The molecule has 1 atom stereocenters. The first-order valence-electron chi connectivity index (χ1n) is 9.73. The summed E-state index contributed by atoms with van der Waals surface area (Å²) in [5.41, 5.74) is 4.03. The second-order valence-corrected chi connectivity index (χ2v) is 7.06. The minimum Gasteiger partial charge on any atom is -0.489 e. The molecule has 29 heavy (non-hydrogen) atoms. The number of para-hydroxylation sites is 1. The zero-order valence-corrected chi connectivity index (χ0v) is 15.9. The Labute approximate surface area is 169 Å². The normalized spacial score (nSPS) is 15.9. The SMILES string of the molecule is c1ccc(COc2ccc3ncnc(C4CNCc5ccccc5O4)c3c2)cc1. The van der Waals surface area contributed by atoms with Gasteiger partial charge in [0.05, 0.1) is 11.2 Å². The Morgan fingerprint density at radius 2 is 1.83 bits per heavy atom. The van der Waals surface area contributed by atoms with Gasteiger partial charge in [-0.1, -0.05) is 48.5 Å². The van der Waals surface area contributed by atoms with Crippen molar-refractivity contribution in [2.24, 2.45) is 0 Å². The van der Waals surface area contributed by atoms with E-state index in [0.29, 0.717) is 13.2 Å². The lowest BCUT2D eigenvalue weighted by Crippen LogP contribution is -2.22. The number of benzene rings is 3. The predicted octanol–water partition coefficient (Wildman–Crippen LogP) is 4.43. The van der Waals surface area contributed by atoms with Crippen LogP contribution in [-0.4, -0.2) is 16.5 Å². The summed E-state index contributed by atoms with van der Waals surface area (Å²) >= 11 is 0. The molecular weight excluding hydrogens is 362 g/mol. The van der Waals surface area contributed by atoms with Crippen LogP contribution in [-0.2, 0) is 13.2 Å². The minimum absolute atomic E-state index is 0.200. The van der Waals surface area contributed by atoms with Crippen LogP contribution >= 0.6 is 0 Å². The van der Waals surface area contributed by atoms with Crippen molar-refractivity contribution >= 4 is 10.9 Å². The van der Waals surface area contributed by atoms with Gasteiger partial charge in [0.1, 0.15) is 24.4 Å². The molecule has 0 saturated carbocycles. The first-order chi connectivity index (χ1) is 14.4. The van der Waals surface area contributed by atoms with Crippen LogP contribution in [0.5, 0.6) is 11.5 Å². The summed E-state index contributed by atoms with van der Waals surface area (Å²) in [6.07, 6.45) is 1.40. The number of hydrogen-bond acceptors (Lipinski definition) is 5. The van der Waals surface area contributed by atoms with Gasteiger partial charge in [-0.2, -0.15) is 0 Å². The van der Waals surface area contributed by atoms with Gasteiger partial charge in [0, 0.05) is 24.0 Å². The van der Waals surface area contributed by atoms with Crippen LogP contribution < -0.4 is 14.8 Å². The molecule has 0 saturated heterocycles. The van der Waals surface area contributed by atoms with Crippen LogP contribution in [0.15, 0.2) is 79.1 Å². The van der Waals surface area contributed by atoms with Crippen molar-refractivity contribution in [3.8, 4) is 11.5 Å². The number of hydrogen-bond donors (Lipinski definition) is 1. The maximum atomic E-state index is 6.33. The maximum Gasteiger partial charge on any atom is 0.154 e. The molecule has 4 aromatic rings. The number of nitrogens with zero attached hydrogens (tertiary/aromatic N) is 2. The van der Waals surface area contributed by atoms with E-state index in [4.69, 9.17) is 9.47 Å². The van der Waals surface area contributed by atoms with Crippen molar-refractivity contribution in [2.45, 2.75) is 19.3 Å². The molecular formula is C24H21N3O2. The molecule has 1 aromatic heterocycles. The number of nitrogens with one attached hydrogen (secondary N) is 1. The second-order valence-electron chi connectivity index (χ2n) is 7.06. The van der Waals surface area contributed by atoms with Gasteiger partial charge in [0.15, 0.2) is 6.10 Å². The predicted molar refractivity (Wildman–Crippen MR) is 112 cm³/mol. The largest absolute Gasteiger partial charge is 0.489 e. The smallest absolute Gasteiger partial charge is 0.154 e. The van der Waals surface area contributed by atoms with Crippen LogP contribution in [0, 0.1) is 0 Å². The minimum atomic E-state index is -0.200. The fraction of sp³-hybridized carbons (Fsp3) is 0.167. The second kappa shape index (κ2) is 7.89. The van der Waals surface area contributed by atoms with Crippen molar-refractivity contribution < 1.29 is 9.47 Å². The number of fused-ring (bicyclic) bond motifs is 2. The summed E-state index contributed by atoms with van der Waals surface area (Å²) in [6, 6.07) is 24.2. The highest BCUT2D eigenvalue weighted by Gasteiger charge is 2.22. The highest BCUT2D eigenvalue weighted by molar-refractivity contribution is 5.82. The van der Waals surface area contributed by atoms with Gasteiger partial charge < -0.3 is 14.8 Å². The quantitative estimate of drug-likeness (QED) is 0.565. The molecule has 5 rings (SSSR count). The Hall–Kier alpha value is -3.44. The monoisotopic (exact) mass is 383 g/mol. The molecule has 2 heterocycles. The Kier molecular flexibility index (Phi) is 4.80. The molecule has 0 radical (unpaired) electrons. The number of rotatable bonds is 4. The maximum absolute atomic E-state index is 6.33. The molecule has 1 N–H and O–H groups in total. The van der Waals surface area contributed by atoms with E-state index in [1.807, 2.05) is 54.6 Å². The van der Waals surface area contributed by atoms with Crippen molar-refractivity contribution in [2.75, 3.05) is 6.54 Å². The average molecular weight is 383 g/mol. The van der Waals surface area contributed by atoms with Crippen LogP contribution in [0.1, 0.15) is 22.9 Å². The Balaban J connectivity index is 1.46. The molecule has 0 spiro atoms. The third kappa shape index (κ3) is 3.77. The van der Waals surface area contributed by atoms with Crippen LogP contribution in [0.2, 0.25) is 0 Å². The van der Waals surface area contributed by atoms with Crippen molar-refractivity contribution in [1.82, 2.24) is 15.3 Å². The fourth-order valence-corrected chi connectivity index (χ4v) is 3.59. The molecule has 1 unspecified atom stereocenters. The lowest BCUT2D eigenvalue weighted by Gasteiger charge is -2.18. The summed E-state index contributed by atoms with van der Waals surface area (Å²) < 4.78 is 12.3. The summed E-state index contributed by atoms with van der Waals surface area (Å²) in [6.45, 7) is 1.97. The summed E-state index contributed by atoms with van der Waals surface area (Å²) in [7, 11) is 0.